The Labute approximate surface area is 249 Å². The van der Waals surface area contributed by atoms with Crippen molar-refractivity contribution in [3.05, 3.63) is 70.1 Å². The molecule has 1 N–H and O–H groups in total. The van der Waals surface area contributed by atoms with Gasteiger partial charge in [-0.15, -0.1) is 11.3 Å². The number of esters is 2. The number of hydrogen-bond acceptors (Lipinski definition) is 9. The molecule has 0 bridgehead atoms. The van der Waals surface area contributed by atoms with Crippen LogP contribution in [0.4, 0.5) is 5.69 Å². The molecule has 0 atom stereocenters. The molecular weight excluding hydrogens is 588 g/mol. The van der Waals surface area contributed by atoms with E-state index in [-0.39, 0.29) is 40.7 Å². The van der Waals surface area contributed by atoms with E-state index in [0.717, 1.165) is 11.3 Å². The van der Waals surface area contributed by atoms with Crippen LogP contribution in [0.3, 0.4) is 0 Å². The number of halogens is 1. The Morgan fingerprint density at radius 2 is 1.73 bits per heavy atom. The minimum absolute atomic E-state index is 0.0236. The second-order valence-electron chi connectivity index (χ2n) is 9.29. The summed E-state index contributed by atoms with van der Waals surface area (Å²) >= 11 is 7.79. The lowest BCUT2D eigenvalue weighted by atomic mass is 10.1. The van der Waals surface area contributed by atoms with E-state index in [1.54, 1.807) is 50.2 Å². The molecule has 1 aliphatic rings. The van der Waals surface area contributed by atoms with E-state index in [1.165, 1.54) is 4.31 Å². The highest BCUT2D eigenvalue weighted by Crippen LogP contribution is 2.46. The van der Waals surface area contributed by atoms with Gasteiger partial charge in [-0.1, -0.05) is 54.1 Å². The van der Waals surface area contributed by atoms with Gasteiger partial charge in [0.25, 0.3) is 0 Å². The lowest BCUT2D eigenvalue weighted by Gasteiger charge is -2.35. The molecular formula is C29H33ClN2O7S2. The monoisotopic (exact) mass is 620 g/mol. The fourth-order valence-corrected chi connectivity index (χ4v) is 7.96. The minimum Gasteiger partial charge on any atom is -0.479 e. The summed E-state index contributed by atoms with van der Waals surface area (Å²) in [6.07, 6.45) is 1.33. The number of nitrogens with one attached hydrogen (secondary N) is 1. The molecule has 0 amide bonds. The van der Waals surface area contributed by atoms with Crippen molar-refractivity contribution in [3.63, 3.8) is 0 Å². The highest BCUT2D eigenvalue weighted by Gasteiger charge is 2.32. The first-order valence-electron chi connectivity index (χ1n) is 13.4. The number of carbonyl (C=O) groups excluding carboxylic acids is 2. The second kappa shape index (κ2) is 14.2. The van der Waals surface area contributed by atoms with Crippen LogP contribution >= 0.6 is 22.9 Å². The summed E-state index contributed by atoms with van der Waals surface area (Å²) in [5.41, 5.74) is 1.80. The molecule has 0 saturated carbocycles. The van der Waals surface area contributed by atoms with Gasteiger partial charge in [0.05, 0.1) is 29.5 Å². The molecule has 1 fully saturated rings. The van der Waals surface area contributed by atoms with Crippen LogP contribution in [0.15, 0.2) is 54.6 Å². The Morgan fingerprint density at radius 1 is 1.02 bits per heavy atom. The van der Waals surface area contributed by atoms with Crippen molar-refractivity contribution < 1.29 is 32.2 Å². The molecule has 12 heteroatoms. The van der Waals surface area contributed by atoms with Crippen molar-refractivity contribution in [2.24, 2.45) is 0 Å². The number of rotatable bonds is 12. The molecule has 1 aliphatic heterocycles. The molecule has 41 heavy (non-hydrogen) atoms. The fraction of sp³-hybridized carbons (Fsp3) is 0.379. The van der Waals surface area contributed by atoms with Crippen LogP contribution in [-0.4, -0.2) is 59.3 Å². The average molecular weight is 621 g/mol. The number of piperidine rings is 1. The molecule has 1 aromatic heterocycles. The van der Waals surface area contributed by atoms with E-state index in [2.05, 4.69) is 5.32 Å². The van der Waals surface area contributed by atoms with Gasteiger partial charge in [0, 0.05) is 6.04 Å². The van der Waals surface area contributed by atoms with Crippen molar-refractivity contribution in [1.29, 1.82) is 0 Å². The molecule has 0 radical (unpaired) electrons. The van der Waals surface area contributed by atoms with Gasteiger partial charge in [-0.2, -0.15) is 0 Å². The third-order valence-corrected chi connectivity index (χ3v) is 9.88. The molecule has 0 aliphatic carbocycles. The number of carbonyl (C=O) groups is 2. The first-order chi connectivity index (χ1) is 19.7. The van der Waals surface area contributed by atoms with Gasteiger partial charge in [-0.05, 0) is 63.0 Å². The normalized spacial score (nSPS) is 13.9. The van der Waals surface area contributed by atoms with Crippen LogP contribution in [0.1, 0.15) is 41.9 Å². The van der Waals surface area contributed by atoms with E-state index in [4.69, 9.17) is 25.8 Å². The third-order valence-electron chi connectivity index (χ3n) is 6.40. The third kappa shape index (κ3) is 7.59. The van der Waals surface area contributed by atoms with Crippen molar-refractivity contribution >= 4 is 50.6 Å². The summed E-state index contributed by atoms with van der Waals surface area (Å²) in [6.45, 7) is 4.67. The average Bonchev–Trinajstić information content (AvgIpc) is 3.29. The molecule has 0 spiro atoms. The minimum atomic E-state index is -3.76. The summed E-state index contributed by atoms with van der Waals surface area (Å²) < 4.78 is 45.1. The summed E-state index contributed by atoms with van der Waals surface area (Å²) in [5, 5.41) is 3.42. The molecule has 220 valence electrons. The van der Waals surface area contributed by atoms with Gasteiger partial charge in [0.2, 0.25) is 10.0 Å². The van der Waals surface area contributed by atoms with Crippen LogP contribution < -0.4 is 14.4 Å². The number of hydrogen-bond donors (Lipinski definition) is 1. The SMILES string of the molecule is CCOC(=O)COc1c(C(=O)OCC)sc(-c2cccc(N(C3CCNCC3)S(=O)(=O)Cc3ccccc3)c2)c1Cl. The number of anilines is 1. The Bertz CT molecular complexity index is 1460. The van der Waals surface area contributed by atoms with Crippen molar-refractivity contribution in [1.82, 2.24) is 5.32 Å². The summed E-state index contributed by atoms with van der Waals surface area (Å²) in [6, 6.07) is 15.9. The maximum absolute atomic E-state index is 13.9. The topological polar surface area (TPSA) is 111 Å². The Kier molecular flexibility index (Phi) is 10.7. The van der Waals surface area contributed by atoms with Crippen LogP contribution in [0.5, 0.6) is 5.75 Å². The van der Waals surface area contributed by atoms with Gasteiger partial charge in [0.15, 0.2) is 17.2 Å². The highest BCUT2D eigenvalue weighted by atomic mass is 35.5. The van der Waals surface area contributed by atoms with Gasteiger partial charge < -0.3 is 19.5 Å². The number of nitrogens with zero attached hydrogens (tertiary/aromatic N) is 1. The summed E-state index contributed by atoms with van der Waals surface area (Å²) in [4.78, 5) is 25.3. The lowest BCUT2D eigenvalue weighted by Crippen LogP contribution is -2.46. The standard InChI is InChI=1S/C29H33ClN2O7S2/c1-3-37-24(33)18-39-26-25(30)27(40-28(26)29(34)38-4-2)21-11-8-12-23(17-21)32(22-13-15-31-16-14-22)41(35,36)19-20-9-6-5-7-10-20/h5-12,17,22,31H,3-4,13-16,18-19H2,1-2H3. The van der Waals surface area contributed by atoms with Gasteiger partial charge in [-0.25, -0.2) is 18.0 Å². The van der Waals surface area contributed by atoms with Crippen LogP contribution in [0.25, 0.3) is 10.4 Å². The number of benzene rings is 2. The zero-order chi connectivity index (χ0) is 29.4. The summed E-state index contributed by atoms with van der Waals surface area (Å²) in [7, 11) is -3.76. The lowest BCUT2D eigenvalue weighted by molar-refractivity contribution is -0.145. The van der Waals surface area contributed by atoms with E-state index in [9.17, 15) is 18.0 Å². The number of thiophene rings is 1. The van der Waals surface area contributed by atoms with E-state index in [1.807, 2.05) is 18.2 Å². The Hall–Kier alpha value is -3.12. The van der Waals surface area contributed by atoms with E-state index < -0.39 is 28.6 Å². The Balaban J connectivity index is 1.74. The van der Waals surface area contributed by atoms with E-state index in [0.29, 0.717) is 47.6 Å². The summed E-state index contributed by atoms with van der Waals surface area (Å²) in [5.74, 6) is -1.35. The fourth-order valence-electron chi connectivity index (χ4n) is 4.65. The van der Waals surface area contributed by atoms with E-state index >= 15 is 0 Å². The van der Waals surface area contributed by atoms with Gasteiger partial charge >= 0.3 is 11.9 Å². The van der Waals surface area contributed by atoms with Crippen molar-refractivity contribution in [2.45, 2.75) is 38.5 Å². The first kappa shape index (κ1) is 30.8. The zero-order valence-electron chi connectivity index (χ0n) is 22.9. The molecule has 1 saturated heterocycles. The predicted octanol–water partition coefficient (Wildman–Crippen LogP) is 5.28. The largest absolute Gasteiger partial charge is 0.479 e. The highest BCUT2D eigenvalue weighted by molar-refractivity contribution is 7.92. The predicted molar refractivity (Wildman–Crippen MR) is 160 cm³/mol. The van der Waals surface area contributed by atoms with Crippen molar-refractivity contribution in [3.8, 4) is 16.2 Å². The molecule has 3 aromatic rings. The van der Waals surface area contributed by atoms with Crippen molar-refractivity contribution in [2.75, 3.05) is 37.2 Å². The smallest absolute Gasteiger partial charge is 0.352 e. The van der Waals surface area contributed by atoms with Crippen LogP contribution in [0.2, 0.25) is 5.02 Å². The zero-order valence-corrected chi connectivity index (χ0v) is 25.3. The van der Waals surface area contributed by atoms with Gasteiger partial charge in [0.1, 0.15) is 5.02 Å². The molecule has 9 nitrogen and oxygen atoms in total. The molecule has 2 aromatic carbocycles. The second-order valence-corrected chi connectivity index (χ2v) is 12.5. The quantitative estimate of drug-likeness (QED) is 0.273. The number of ether oxygens (including phenoxy) is 3. The molecule has 4 rings (SSSR count). The first-order valence-corrected chi connectivity index (χ1v) is 16.2. The maximum atomic E-state index is 13.9. The number of sulfonamides is 1. The van der Waals surface area contributed by atoms with Crippen LogP contribution in [-0.2, 0) is 30.0 Å². The molecule has 0 unspecified atom stereocenters. The molecule has 2 heterocycles. The van der Waals surface area contributed by atoms with Gasteiger partial charge in [-0.3, -0.25) is 4.31 Å². The Morgan fingerprint density at radius 3 is 2.41 bits per heavy atom. The maximum Gasteiger partial charge on any atom is 0.352 e. The van der Waals surface area contributed by atoms with Crippen LogP contribution in [0, 0.1) is 0 Å².